The van der Waals surface area contributed by atoms with Crippen molar-refractivity contribution >= 4 is 5.97 Å². The normalized spacial score (nSPS) is 12.2. The van der Waals surface area contributed by atoms with Gasteiger partial charge in [-0.1, -0.05) is 64.7 Å². The summed E-state index contributed by atoms with van der Waals surface area (Å²) in [5.41, 5.74) is 5.48. The molecular weight excluding hydrogens is 400 g/mol. The summed E-state index contributed by atoms with van der Waals surface area (Å²) < 4.78 is 5.17. The van der Waals surface area contributed by atoms with Gasteiger partial charge in [-0.2, -0.15) is 0 Å². The molecule has 0 aliphatic rings. The number of hydrogen-bond acceptors (Lipinski definition) is 6. The van der Waals surface area contributed by atoms with Crippen molar-refractivity contribution in [2.45, 2.75) is 116 Å². The molecule has 32 heavy (non-hydrogen) atoms. The first kappa shape index (κ1) is 31.3. The molecule has 0 aliphatic heterocycles. The first-order chi connectivity index (χ1) is 15.7. The number of nitrogens with two attached hydrogens (primary N) is 1. The first-order valence-electron chi connectivity index (χ1n) is 13.7. The Balaban J connectivity index is 3.74. The predicted octanol–water partition coefficient (Wildman–Crippen LogP) is 4.52. The van der Waals surface area contributed by atoms with Crippen LogP contribution in [0.4, 0.5) is 0 Å². The molecule has 1 atom stereocenters. The van der Waals surface area contributed by atoms with Crippen molar-refractivity contribution in [3.8, 4) is 0 Å². The maximum absolute atomic E-state index is 11.9. The zero-order valence-electron chi connectivity index (χ0n) is 21.5. The lowest BCUT2D eigenvalue weighted by Gasteiger charge is -2.18. The molecule has 1 unspecified atom stereocenters. The number of carbonyl (C=O) groups is 1. The van der Waals surface area contributed by atoms with Gasteiger partial charge in [0.2, 0.25) is 0 Å². The van der Waals surface area contributed by atoms with Gasteiger partial charge in [-0.25, -0.2) is 0 Å². The molecule has 0 aliphatic carbocycles. The van der Waals surface area contributed by atoms with E-state index in [4.69, 9.17) is 10.5 Å². The summed E-state index contributed by atoms with van der Waals surface area (Å²) in [6.07, 6.45) is 18.1. The van der Waals surface area contributed by atoms with Gasteiger partial charge in [0.05, 0.1) is 13.0 Å². The Morgan fingerprint density at radius 1 is 0.719 bits per heavy atom. The number of carbonyl (C=O) groups excluding carboxylic acids is 1. The summed E-state index contributed by atoms with van der Waals surface area (Å²) >= 11 is 0. The lowest BCUT2D eigenvalue weighted by atomic mass is 10.0. The topological polar surface area (TPSA) is 88.4 Å². The zero-order chi connectivity index (χ0) is 23.5. The molecule has 0 aromatic rings. The van der Waals surface area contributed by atoms with Gasteiger partial charge in [-0.3, -0.25) is 4.79 Å². The van der Waals surface area contributed by atoms with E-state index in [0.717, 1.165) is 58.5 Å². The highest BCUT2D eigenvalue weighted by molar-refractivity contribution is 5.70. The van der Waals surface area contributed by atoms with Crippen molar-refractivity contribution in [3.63, 3.8) is 0 Å². The van der Waals surface area contributed by atoms with Crippen LogP contribution in [0.2, 0.25) is 0 Å². The summed E-state index contributed by atoms with van der Waals surface area (Å²) in [5.74, 6) is -0.0703. The van der Waals surface area contributed by atoms with Crippen LogP contribution in [0.25, 0.3) is 0 Å². The van der Waals surface area contributed by atoms with Crippen LogP contribution in [0.5, 0.6) is 0 Å². The van der Waals surface area contributed by atoms with Crippen molar-refractivity contribution in [1.82, 2.24) is 16.0 Å². The van der Waals surface area contributed by atoms with Crippen molar-refractivity contribution in [1.29, 1.82) is 0 Å². The van der Waals surface area contributed by atoms with Gasteiger partial charge < -0.3 is 26.4 Å². The van der Waals surface area contributed by atoms with Crippen LogP contribution in [0.3, 0.4) is 0 Å². The molecular formula is C26H56N4O2. The lowest BCUT2D eigenvalue weighted by Crippen LogP contribution is -2.34. The van der Waals surface area contributed by atoms with E-state index in [0.29, 0.717) is 13.0 Å². The summed E-state index contributed by atoms with van der Waals surface area (Å²) in [6.45, 7) is 10.5. The van der Waals surface area contributed by atoms with Crippen LogP contribution >= 0.6 is 0 Å². The van der Waals surface area contributed by atoms with E-state index in [2.05, 4.69) is 22.9 Å². The number of unbranched alkanes of at least 4 members (excludes halogenated alkanes) is 9. The van der Waals surface area contributed by atoms with Gasteiger partial charge >= 0.3 is 5.97 Å². The largest absolute Gasteiger partial charge is 0.466 e. The van der Waals surface area contributed by atoms with E-state index < -0.39 is 0 Å². The minimum absolute atomic E-state index is 0.0703. The van der Waals surface area contributed by atoms with Crippen molar-refractivity contribution in [3.05, 3.63) is 0 Å². The third-order valence-corrected chi connectivity index (χ3v) is 5.85. The minimum atomic E-state index is -0.0703. The monoisotopic (exact) mass is 456 g/mol. The molecule has 0 rings (SSSR count). The highest BCUT2D eigenvalue weighted by atomic mass is 16.5. The maximum atomic E-state index is 11.9. The summed E-state index contributed by atoms with van der Waals surface area (Å²) in [4.78, 5) is 11.9. The van der Waals surface area contributed by atoms with Crippen LogP contribution in [0.15, 0.2) is 0 Å². The second-order valence-corrected chi connectivity index (χ2v) is 8.98. The van der Waals surface area contributed by atoms with Crippen LogP contribution in [0.1, 0.15) is 110 Å². The van der Waals surface area contributed by atoms with E-state index in [9.17, 15) is 4.79 Å². The molecule has 0 saturated heterocycles. The van der Waals surface area contributed by atoms with E-state index in [1.807, 2.05) is 6.92 Å². The second-order valence-electron chi connectivity index (χ2n) is 8.98. The molecule has 0 fully saturated rings. The lowest BCUT2D eigenvalue weighted by molar-refractivity contribution is -0.143. The molecule has 0 bridgehead atoms. The average molecular weight is 457 g/mol. The van der Waals surface area contributed by atoms with Crippen molar-refractivity contribution < 1.29 is 9.53 Å². The fourth-order valence-electron chi connectivity index (χ4n) is 3.90. The standard InChI is InChI=1S/C26H56N4O2/c1-3-5-6-7-8-9-10-11-12-17-25(24-26(31)32-4-2)30-23-16-22-29-20-14-13-19-28-21-15-18-27/h25,28-30H,3-24,27H2,1-2H3. The molecule has 6 nitrogen and oxygen atoms in total. The summed E-state index contributed by atoms with van der Waals surface area (Å²) in [7, 11) is 0. The fourth-order valence-corrected chi connectivity index (χ4v) is 3.90. The summed E-state index contributed by atoms with van der Waals surface area (Å²) in [6, 6.07) is 0.248. The van der Waals surface area contributed by atoms with Gasteiger partial charge in [-0.05, 0) is 78.3 Å². The Labute approximate surface area is 199 Å². The Morgan fingerprint density at radius 2 is 1.28 bits per heavy atom. The van der Waals surface area contributed by atoms with Crippen molar-refractivity contribution in [2.75, 3.05) is 45.9 Å². The maximum Gasteiger partial charge on any atom is 0.307 e. The highest BCUT2D eigenvalue weighted by Crippen LogP contribution is 2.13. The average Bonchev–Trinajstić information content (AvgIpc) is 2.78. The highest BCUT2D eigenvalue weighted by Gasteiger charge is 2.13. The minimum Gasteiger partial charge on any atom is -0.466 e. The number of ether oxygens (including phenoxy) is 1. The Morgan fingerprint density at radius 3 is 1.88 bits per heavy atom. The van der Waals surface area contributed by atoms with Gasteiger partial charge in [-0.15, -0.1) is 0 Å². The van der Waals surface area contributed by atoms with Crippen LogP contribution in [-0.2, 0) is 9.53 Å². The molecule has 0 radical (unpaired) electrons. The van der Waals surface area contributed by atoms with Gasteiger partial charge in [0.15, 0.2) is 0 Å². The molecule has 0 heterocycles. The van der Waals surface area contributed by atoms with Crippen LogP contribution in [0, 0.1) is 0 Å². The number of rotatable bonds is 26. The molecule has 0 aromatic heterocycles. The Bertz CT molecular complexity index is 383. The van der Waals surface area contributed by atoms with E-state index in [1.54, 1.807) is 0 Å². The molecule has 6 heteroatoms. The smallest absolute Gasteiger partial charge is 0.307 e. The molecule has 5 N–H and O–H groups in total. The first-order valence-corrected chi connectivity index (χ1v) is 13.7. The van der Waals surface area contributed by atoms with Gasteiger partial charge in [0.1, 0.15) is 0 Å². The van der Waals surface area contributed by atoms with Gasteiger partial charge in [0.25, 0.3) is 0 Å². The third kappa shape index (κ3) is 24.0. The zero-order valence-corrected chi connectivity index (χ0v) is 21.5. The van der Waals surface area contributed by atoms with Gasteiger partial charge in [0, 0.05) is 6.04 Å². The Hall–Kier alpha value is -0.690. The fraction of sp³-hybridized carbons (Fsp3) is 0.962. The molecule has 0 spiro atoms. The van der Waals surface area contributed by atoms with Crippen LogP contribution < -0.4 is 21.7 Å². The number of esters is 1. The molecule has 0 amide bonds. The molecule has 0 aromatic carbocycles. The van der Waals surface area contributed by atoms with E-state index in [1.165, 1.54) is 70.6 Å². The SMILES string of the molecule is CCCCCCCCCCCC(CC(=O)OCC)NCCCNCCCCNCCCN. The van der Waals surface area contributed by atoms with Crippen LogP contribution in [-0.4, -0.2) is 57.9 Å². The molecule has 192 valence electrons. The second kappa shape index (κ2) is 26.6. The molecule has 0 saturated carbocycles. The summed E-state index contributed by atoms with van der Waals surface area (Å²) in [5, 5.41) is 10.5. The third-order valence-electron chi connectivity index (χ3n) is 5.85. The Kier molecular flexibility index (Phi) is 26.0. The van der Waals surface area contributed by atoms with Crippen molar-refractivity contribution in [2.24, 2.45) is 5.73 Å². The van der Waals surface area contributed by atoms with E-state index >= 15 is 0 Å². The predicted molar refractivity (Wildman–Crippen MR) is 138 cm³/mol. The van der Waals surface area contributed by atoms with E-state index in [-0.39, 0.29) is 12.0 Å². The number of nitrogens with one attached hydrogen (secondary N) is 3. The number of hydrogen-bond donors (Lipinski definition) is 4. The quantitative estimate of drug-likeness (QED) is 0.113.